The van der Waals surface area contributed by atoms with Gasteiger partial charge in [-0.1, -0.05) is 25.8 Å². The van der Waals surface area contributed by atoms with Gasteiger partial charge in [0.1, 0.15) is 6.23 Å². The Kier molecular flexibility index (Phi) is 4.82. The molecule has 1 fully saturated rings. The van der Waals surface area contributed by atoms with E-state index < -0.39 is 0 Å². The highest BCUT2D eigenvalue weighted by Crippen LogP contribution is 2.26. The fourth-order valence-corrected chi connectivity index (χ4v) is 2.06. The Morgan fingerprint density at radius 3 is 2.47 bits per heavy atom. The van der Waals surface area contributed by atoms with Gasteiger partial charge in [-0.25, -0.2) is 0 Å². The van der Waals surface area contributed by atoms with Crippen molar-refractivity contribution in [2.24, 2.45) is 5.92 Å². The van der Waals surface area contributed by atoms with Crippen LogP contribution in [0.25, 0.3) is 0 Å². The van der Waals surface area contributed by atoms with Crippen LogP contribution in [0.15, 0.2) is 12.2 Å². The number of rotatable bonds is 4. The summed E-state index contributed by atoms with van der Waals surface area (Å²) < 4.78 is 5.34. The van der Waals surface area contributed by atoms with Crippen molar-refractivity contribution in [2.75, 3.05) is 7.11 Å². The minimum atomic E-state index is -0.144. The number of carbonyl (C=O) groups is 1. The van der Waals surface area contributed by atoms with Crippen molar-refractivity contribution in [3.05, 3.63) is 12.2 Å². The Hall–Kier alpha value is -0.830. The van der Waals surface area contributed by atoms with Crippen LogP contribution in [-0.4, -0.2) is 19.2 Å². The molecule has 0 aromatic heterocycles. The van der Waals surface area contributed by atoms with Crippen LogP contribution in [-0.2, 0) is 9.53 Å². The predicted octanol–water partition coefficient (Wildman–Crippen LogP) is 2.23. The molecule has 0 radical (unpaired) electrons. The van der Waals surface area contributed by atoms with Gasteiger partial charge in [0.15, 0.2) is 0 Å². The molecule has 0 bridgehead atoms. The first-order valence-corrected chi connectivity index (χ1v) is 5.64. The predicted molar refractivity (Wildman–Crippen MR) is 60.3 cm³/mol. The third-order valence-corrected chi connectivity index (χ3v) is 2.99. The Morgan fingerprint density at radius 1 is 1.40 bits per heavy atom. The van der Waals surface area contributed by atoms with E-state index >= 15 is 0 Å². The van der Waals surface area contributed by atoms with E-state index in [0.717, 1.165) is 12.8 Å². The molecule has 15 heavy (non-hydrogen) atoms. The molecule has 0 heterocycles. The Bertz CT molecular complexity index is 232. The van der Waals surface area contributed by atoms with Gasteiger partial charge in [0.2, 0.25) is 5.91 Å². The van der Waals surface area contributed by atoms with Gasteiger partial charge >= 0.3 is 0 Å². The third-order valence-electron chi connectivity index (χ3n) is 2.99. The van der Waals surface area contributed by atoms with Gasteiger partial charge in [0, 0.05) is 18.6 Å². The minimum absolute atomic E-state index is 0.104. The lowest BCUT2D eigenvalue weighted by Crippen LogP contribution is -2.42. The molecule has 1 atom stereocenters. The van der Waals surface area contributed by atoms with Crippen molar-refractivity contribution in [2.45, 2.75) is 45.3 Å². The zero-order chi connectivity index (χ0) is 11.3. The van der Waals surface area contributed by atoms with E-state index in [1.165, 1.54) is 19.3 Å². The molecule has 1 unspecified atom stereocenters. The van der Waals surface area contributed by atoms with Crippen LogP contribution in [0.2, 0.25) is 0 Å². The van der Waals surface area contributed by atoms with Crippen LogP contribution < -0.4 is 5.32 Å². The minimum Gasteiger partial charge on any atom is -0.361 e. The average molecular weight is 211 g/mol. The van der Waals surface area contributed by atoms with Crippen LogP contribution in [0.1, 0.15) is 39.0 Å². The quantitative estimate of drug-likeness (QED) is 0.572. The monoisotopic (exact) mass is 211 g/mol. The van der Waals surface area contributed by atoms with Gasteiger partial charge in [-0.05, 0) is 19.8 Å². The maximum absolute atomic E-state index is 11.5. The molecule has 0 aliphatic heterocycles. The molecule has 1 N–H and O–H groups in total. The second-order valence-electron chi connectivity index (χ2n) is 4.31. The van der Waals surface area contributed by atoms with E-state index in [2.05, 4.69) is 11.9 Å². The second-order valence-corrected chi connectivity index (χ2v) is 4.31. The second kappa shape index (κ2) is 5.91. The van der Waals surface area contributed by atoms with E-state index in [0.29, 0.717) is 11.5 Å². The van der Waals surface area contributed by atoms with Crippen molar-refractivity contribution in [1.82, 2.24) is 5.32 Å². The van der Waals surface area contributed by atoms with Crippen LogP contribution >= 0.6 is 0 Å². The van der Waals surface area contributed by atoms with E-state index in [-0.39, 0.29) is 12.1 Å². The summed E-state index contributed by atoms with van der Waals surface area (Å²) in [6.07, 6.45) is 5.95. The molecule has 1 aliphatic carbocycles. The number of nitrogens with one attached hydrogen (secondary N) is 1. The Balaban J connectivity index is 2.46. The summed E-state index contributed by atoms with van der Waals surface area (Å²) >= 11 is 0. The van der Waals surface area contributed by atoms with Gasteiger partial charge in [-0.15, -0.1) is 0 Å². The Labute approximate surface area is 91.9 Å². The van der Waals surface area contributed by atoms with Crippen LogP contribution in [0.5, 0.6) is 0 Å². The van der Waals surface area contributed by atoms with Crippen molar-refractivity contribution in [1.29, 1.82) is 0 Å². The molecule has 1 rings (SSSR count). The van der Waals surface area contributed by atoms with Crippen molar-refractivity contribution < 1.29 is 9.53 Å². The number of hydrogen-bond donors (Lipinski definition) is 1. The van der Waals surface area contributed by atoms with Crippen molar-refractivity contribution in [3.8, 4) is 0 Å². The molecular weight excluding hydrogens is 190 g/mol. The van der Waals surface area contributed by atoms with E-state index in [9.17, 15) is 4.79 Å². The van der Waals surface area contributed by atoms with E-state index in [1.54, 1.807) is 14.0 Å². The lowest BCUT2D eigenvalue weighted by Gasteiger charge is -2.29. The van der Waals surface area contributed by atoms with Crippen molar-refractivity contribution >= 4 is 5.91 Å². The molecule has 3 heteroatoms. The summed E-state index contributed by atoms with van der Waals surface area (Å²) in [7, 11) is 1.65. The zero-order valence-electron chi connectivity index (χ0n) is 9.71. The average Bonchev–Trinajstić information content (AvgIpc) is 2.26. The number of hydrogen-bond acceptors (Lipinski definition) is 2. The maximum Gasteiger partial charge on any atom is 0.248 e. The smallest absolute Gasteiger partial charge is 0.248 e. The topological polar surface area (TPSA) is 38.3 Å². The lowest BCUT2D eigenvalue weighted by atomic mass is 9.88. The molecule has 0 aromatic carbocycles. The highest BCUT2D eigenvalue weighted by atomic mass is 16.5. The molecular formula is C12H21NO2. The largest absolute Gasteiger partial charge is 0.361 e. The van der Waals surface area contributed by atoms with E-state index in [4.69, 9.17) is 4.74 Å². The summed E-state index contributed by atoms with van der Waals surface area (Å²) in [5.74, 6) is 0.361. The van der Waals surface area contributed by atoms with Crippen LogP contribution in [0.3, 0.4) is 0 Å². The number of carbonyl (C=O) groups excluding carboxylic acids is 1. The lowest BCUT2D eigenvalue weighted by molar-refractivity contribution is -0.122. The third kappa shape index (κ3) is 3.67. The SMILES string of the molecule is C=C(C)C(=O)NC(OC)C1CCCCC1. The maximum atomic E-state index is 11.5. The number of ether oxygens (including phenoxy) is 1. The summed E-state index contributed by atoms with van der Waals surface area (Å²) in [4.78, 5) is 11.5. The molecule has 86 valence electrons. The normalized spacial score (nSPS) is 19.6. The van der Waals surface area contributed by atoms with Crippen LogP contribution in [0, 0.1) is 5.92 Å². The van der Waals surface area contributed by atoms with Gasteiger partial charge in [0.05, 0.1) is 0 Å². The molecule has 1 aliphatic rings. The fourth-order valence-electron chi connectivity index (χ4n) is 2.06. The molecule has 0 aromatic rings. The summed E-state index contributed by atoms with van der Waals surface area (Å²) in [6.45, 7) is 5.33. The molecule has 3 nitrogen and oxygen atoms in total. The van der Waals surface area contributed by atoms with Crippen molar-refractivity contribution in [3.63, 3.8) is 0 Å². The standard InChI is InChI=1S/C12H21NO2/c1-9(2)11(14)13-12(15-3)10-7-5-4-6-8-10/h10,12H,1,4-8H2,2-3H3,(H,13,14). The van der Waals surface area contributed by atoms with Gasteiger partial charge in [-0.3, -0.25) is 4.79 Å². The molecule has 0 saturated heterocycles. The van der Waals surface area contributed by atoms with Crippen LogP contribution in [0.4, 0.5) is 0 Å². The van der Waals surface area contributed by atoms with Gasteiger partial charge in [-0.2, -0.15) is 0 Å². The molecule has 1 amide bonds. The summed E-state index contributed by atoms with van der Waals surface area (Å²) in [6, 6.07) is 0. The molecule has 0 spiro atoms. The number of methoxy groups -OCH3 is 1. The number of amides is 1. The highest BCUT2D eigenvalue weighted by Gasteiger charge is 2.24. The van der Waals surface area contributed by atoms with E-state index in [1.807, 2.05) is 0 Å². The first-order valence-electron chi connectivity index (χ1n) is 5.64. The van der Waals surface area contributed by atoms with Gasteiger partial charge in [0.25, 0.3) is 0 Å². The molecule has 1 saturated carbocycles. The first kappa shape index (κ1) is 12.2. The highest BCUT2D eigenvalue weighted by molar-refractivity contribution is 5.92. The zero-order valence-corrected chi connectivity index (χ0v) is 9.71. The summed E-state index contributed by atoms with van der Waals surface area (Å²) in [5, 5.41) is 2.88. The van der Waals surface area contributed by atoms with Gasteiger partial charge < -0.3 is 10.1 Å². The Morgan fingerprint density at radius 2 is 2.00 bits per heavy atom. The first-order chi connectivity index (χ1) is 7.15. The summed E-state index contributed by atoms with van der Waals surface area (Å²) in [5.41, 5.74) is 0.535. The fraction of sp³-hybridized carbons (Fsp3) is 0.750.